The molecule has 0 radical (unpaired) electrons. The molecule has 3 rings (SSSR count). The van der Waals surface area contributed by atoms with Crippen molar-refractivity contribution in [1.82, 2.24) is 5.32 Å². The van der Waals surface area contributed by atoms with Crippen molar-refractivity contribution in [3.8, 4) is 10.4 Å². The second kappa shape index (κ2) is 7.94. The molecule has 2 amide bonds. The molecule has 2 N–H and O–H groups in total. The highest BCUT2D eigenvalue weighted by Gasteiger charge is 2.06. The van der Waals surface area contributed by atoms with Gasteiger partial charge < -0.3 is 10.6 Å². The average molecular weight is 352 g/mol. The van der Waals surface area contributed by atoms with E-state index in [1.807, 2.05) is 36.4 Å². The second-order valence-electron chi connectivity index (χ2n) is 5.86. The standard InChI is InChI=1S/C20H20N2O2S/c1-14(23)21-12-4-7-20(24)22-17-10-8-15(9-11-17)19-13-16-5-2-3-6-18(16)25-19/h2-3,5-6,8-11,13H,4,7,12H2,1H3,(H,21,23)(H,22,24). The van der Waals surface area contributed by atoms with E-state index in [0.717, 1.165) is 11.3 Å². The lowest BCUT2D eigenvalue weighted by Gasteiger charge is -2.06. The zero-order valence-corrected chi connectivity index (χ0v) is 14.9. The Morgan fingerprint density at radius 1 is 1.04 bits per heavy atom. The summed E-state index contributed by atoms with van der Waals surface area (Å²) in [5.41, 5.74) is 1.93. The van der Waals surface area contributed by atoms with Gasteiger partial charge in [0.15, 0.2) is 0 Å². The van der Waals surface area contributed by atoms with Crippen LogP contribution in [0.15, 0.2) is 54.6 Å². The van der Waals surface area contributed by atoms with Gasteiger partial charge in [0, 0.05) is 35.2 Å². The molecule has 25 heavy (non-hydrogen) atoms. The van der Waals surface area contributed by atoms with Gasteiger partial charge in [-0.15, -0.1) is 11.3 Å². The minimum atomic E-state index is -0.0720. The fraction of sp³-hybridized carbons (Fsp3) is 0.200. The quantitative estimate of drug-likeness (QED) is 0.645. The molecular weight excluding hydrogens is 332 g/mol. The summed E-state index contributed by atoms with van der Waals surface area (Å²) in [6.45, 7) is 1.99. The van der Waals surface area contributed by atoms with Crippen LogP contribution in [0.1, 0.15) is 19.8 Å². The van der Waals surface area contributed by atoms with Crippen LogP contribution >= 0.6 is 11.3 Å². The van der Waals surface area contributed by atoms with Crippen LogP contribution in [0.3, 0.4) is 0 Å². The van der Waals surface area contributed by atoms with E-state index in [2.05, 4.69) is 28.8 Å². The smallest absolute Gasteiger partial charge is 0.224 e. The Morgan fingerprint density at radius 3 is 2.52 bits per heavy atom. The molecule has 4 nitrogen and oxygen atoms in total. The summed E-state index contributed by atoms with van der Waals surface area (Å²) in [7, 11) is 0. The summed E-state index contributed by atoms with van der Waals surface area (Å²) in [5.74, 6) is -0.114. The zero-order valence-electron chi connectivity index (χ0n) is 14.0. The maximum atomic E-state index is 11.9. The summed E-state index contributed by atoms with van der Waals surface area (Å²) in [6.07, 6.45) is 1.02. The van der Waals surface area contributed by atoms with Crippen LogP contribution in [-0.4, -0.2) is 18.4 Å². The molecule has 3 aromatic rings. The van der Waals surface area contributed by atoms with Crippen LogP contribution in [0.5, 0.6) is 0 Å². The van der Waals surface area contributed by atoms with E-state index in [4.69, 9.17) is 0 Å². The summed E-state index contributed by atoms with van der Waals surface area (Å²) >= 11 is 1.76. The number of hydrogen-bond acceptors (Lipinski definition) is 3. The first-order chi connectivity index (χ1) is 12.1. The van der Waals surface area contributed by atoms with E-state index in [1.165, 1.54) is 21.9 Å². The third kappa shape index (κ3) is 4.67. The van der Waals surface area contributed by atoms with Gasteiger partial charge in [-0.3, -0.25) is 9.59 Å². The first-order valence-corrected chi connectivity index (χ1v) is 9.07. The largest absolute Gasteiger partial charge is 0.356 e. The number of anilines is 1. The van der Waals surface area contributed by atoms with Crippen molar-refractivity contribution in [2.24, 2.45) is 0 Å². The first kappa shape index (κ1) is 17.2. The molecule has 0 atom stereocenters. The molecule has 0 saturated carbocycles. The van der Waals surface area contributed by atoms with Crippen molar-refractivity contribution in [3.63, 3.8) is 0 Å². The summed E-state index contributed by atoms with van der Waals surface area (Å²) in [5, 5.41) is 6.82. The van der Waals surface area contributed by atoms with Gasteiger partial charge in [0.1, 0.15) is 0 Å². The topological polar surface area (TPSA) is 58.2 Å². The maximum absolute atomic E-state index is 11.9. The molecule has 128 valence electrons. The number of amides is 2. The number of hydrogen-bond donors (Lipinski definition) is 2. The van der Waals surface area contributed by atoms with E-state index in [-0.39, 0.29) is 11.8 Å². The summed E-state index contributed by atoms with van der Waals surface area (Å²) in [4.78, 5) is 23.9. The number of rotatable bonds is 6. The van der Waals surface area contributed by atoms with E-state index in [1.54, 1.807) is 11.3 Å². The van der Waals surface area contributed by atoms with Gasteiger partial charge in [-0.25, -0.2) is 0 Å². The van der Waals surface area contributed by atoms with Crippen LogP contribution in [0.2, 0.25) is 0 Å². The van der Waals surface area contributed by atoms with Crippen molar-refractivity contribution < 1.29 is 9.59 Å². The molecule has 1 aromatic heterocycles. The highest BCUT2D eigenvalue weighted by Crippen LogP contribution is 2.33. The second-order valence-corrected chi connectivity index (χ2v) is 6.94. The Bertz CT molecular complexity index is 851. The Labute approximate surface area is 150 Å². The normalized spacial score (nSPS) is 10.6. The summed E-state index contributed by atoms with van der Waals surface area (Å²) < 4.78 is 1.27. The molecule has 0 fully saturated rings. The number of thiophene rings is 1. The number of carbonyl (C=O) groups is 2. The third-order valence-electron chi connectivity index (χ3n) is 3.83. The van der Waals surface area contributed by atoms with Gasteiger partial charge in [0.2, 0.25) is 11.8 Å². The Balaban J connectivity index is 1.58. The van der Waals surface area contributed by atoms with Crippen LogP contribution in [0, 0.1) is 0 Å². The molecule has 0 spiro atoms. The highest BCUT2D eigenvalue weighted by atomic mass is 32.1. The fourth-order valence-electron chi connectivity index (χ4n) is 2.58. The molecule has 0 aliphatic rings. The van der Waals surface area contributed by atoms with Crippen molar-refractivity contribution in [1.29, 1.82) is 0 Å². The molecule has 0 saturated heterocycles. The average Bonchev–Trinajstić information content (AvgIpc) is 3.03. The lowest BCUT2D eigenvalue weighted by atomic mass is 10.1. The number of benzene rings is 2. The van der Waals surface area contributed by atoms with E-state index >= 15 is 0 Å². The molecule has 0 bridgehead atoms. The van der Waals surface area contributed by atoms with E-state index in [9.17, 15) is 9.59 Å². The Morgan fingerprint density at radius 2 is 1.80 bits per heavy atom. The van der Waals surface area contributed by atoms with Crippen LogP contribution in [0.25, 0.3) is 20.5 Å². The molecule has 5 heteroatoms. The molecule has 2 aromatic carbocycles. The molecular formula is C20H20N2O2S. The molecule has 0 aliphatic carbocycles. The van der Waals surface area contributed by atoms with Gasteiger partial charge in [-0.05, 0) is 41.6 Å². The highest BCUT2D eigenvalue weighted by molar-refractivity contribution is 7.22. The monoisotopic (exact) mass is 352 g/mol. The van der Waals surface area contributed by atoms with Crippen molar-refractivity contribution in [2.45, 2.75) is 19.8 Å². The van der Waals surface area contributed by atoms with Crippen molar-refractivity contribution in [2.75, 3.05) is 11.9 Å². The lowest BCUT2D eigenvalue weighted by Crippen LogP contribution is -2.22. The fourth-order valence-corrected chi connectivity index (χ4v) is 3.65. The number of carbonyl (C=O) groups excluding carboxylic acids is 2. The zero-order chi connectivity index (χ0) is 17.6. The number of fused-ring (bicyclic) bond motifs is 1. The maximum Gasteiger partial charge on any atom is 0.224 e. The SMILES string of the molecule is CC(=O)NCCCC(=O)Nc1ccc(-c2cc3ccccc3s2)cc1. The minimum absolute atomic E-state index is 0.0417. The first-order valence-electron chi connectivity index (χ1n) is 8.25. The summed E-state index contributed by atoms with van der Waals surface area (Å²) in [6, 6.07) is 18.4. The minimum Gasteiger partial charge on any atom is -0.356 e. The van der Waals surface area contributed by atoms with Gasteiger partial charge in [-0.1, -0.05) is 30.3 Å². The van der Waals surface area contributed by atoms with Crippen LogP contribution in [-0.2, 0) is 9.59 Å². The van der Waals surface area contributed by atoms with E-state index in [0.29, 0.717) is 19.4 Å². The van der Waals surface area contributed by atoms with Gasteiger partial charge in [-0.2, -0.15) is 0 Å². The van der Waals surface area contributed by atoms with Crippen molar-refractivity contribution >= 4 is 38.9 Å². The molecule has 1 heterocycles. The van der Waals surface area contributed by atoms with Crippen LogP contribution < -0.4 is 10.6 Å². The van der Waals surface area contributed by atoms with Gasteiger partial charge in [0.05, 0.1) is 0 Å². The number of nitrogens with one attached hydrogen (secondary N) is 2. The Kier molecular flexibility index (Phi) is 5.46. The predicted molar refractivity (Wildman–Crippen MR) is 104 cm³/mol. The lowest BCUT2D eigenvalue weighted by molar-refractivity contribution is -0.119. The molecule has 0 unspecified atom stereocenters. The van der Waals surface area contributed by atoms with Gasteiger partial charge in [0.25, 0.3) is 0 Å². The third-order valence-corrected chi connectivity index (χ3v) is 5.00. The van der Waals surface area contributed by atoms with E-state index < -0.39 is 0 Å². The predicted octanol–water partition coefficient (Wildman–Crippen LogP) is 4.42. The Hall–Kier alpha value is -2.66. The van der Waals surface area contributed by atoms with Gasteiger partial charge >= 0.3 is 0 Å². The molecule has 0 aliphatic heterocycles. The van der Waals surface area contributed by atoms with Crippen molar-refractivity contribution in [3.05, 3.63) is 54.6 Å². The van der Waals surface area contributed by atoms with Crippen LogP contribution in [0.4, 0.5) is 5.69 Å².